The van der Waals surface area contributed by atoms with Crippen LogP contribution in [0.5, 0.6) is 0 Å². The molecule has 6 heteroatoms. The second-order valence-electron chi connectivity index (χ2n) is 6.20. The zero-order valence-electron chi connectivity index (χ0n) is 13.5. The number of sulfone groups is 1. The van der Waals surface area contributed by atoms with Crippen molar-refractivity contribution in [1.82, 2.24) is 5.32 Å². The van der Waals surface area contributed by atoms with E-state index in [9.17, 15) is 13.2 Å². The maximum Gasteiger partial charge on any atom is 0.319 e. The zero-order valence-corrected chi connectivity index (χ0v) is 14.3. The number of hydrogen-bond acceptors (Lipinski definition) is 3. The maximum absolute atomic E-state index is 12.3. The molecule has 24 heavy (non-hydrogen) atoms. The standard InChI is InChI=1S/C18H20N2O3S/c1-24(22,23)12-15-8-4-5-9-17(15)20-18(21)19-16-10-13-6-2-3-7-14(13)11-16/h2-9,16H,10-12H2,1H3,(H2,19,20,21). The van der Waals surface area contributed by atoms with Crippen molar-refractivity contribution in [2.24, 2.45) is 0 Å². The lowest BCUT2D eigenvalue weighted by atomic mass is 10.1. The van der Waals surface area contributed by atoms with Crippen LogP contribution in [0.1, 0.15) is 16.7 Å². The van der Waals surface area contributed by atoms with Gasteiger partial charge in [-0.2, -0.15) is 0 Å². The van der Waals surface area contributed by atoms with Crippen LogP contribution in [0.2, 0.25) is 0 Å². The average molecular weight is 344 g/mol. The van der Waals surface area contributed by atoms with Crippen LogP contribution in [0.4, 0.5) is 10.5 Å². The number of urea groups is 1. The van der Waals surface area contributed by atoms with Crippen LogP contribution < -0.4 is 10.6 Å². The fourth-order valence-electron chi connectivity index (χ4n) is 3.06. The van der Waals surface area contributed by atoms with E-state index in [1.165, 1.54) is 17.4 Å². The summed E-state index contributed by atoms with van der Waals surface area (Å²) in [6.45, 7) is 0. The summed E-state index contributed by atoms with van der Waals surface area (Å²) < 4.78 is 23.0. The Morgan fingerprint density at radius 1 is 1.04 bits per heavy atom. The van der Waals surface area contributed by atoms with Crippen molar-refractivity contribution in [3.8, 4) is 0 Å². The molecule has 0 saturated carbocycles. The second-order valence-corrected chi connectivity index (χ2v) is 8.34. The summed E-state index contributed by atoms with van der Waals surface area (Å²) in [4.78, 5) is 12.3. The highest BCUT2D eigenvalue weighted by Crippen LogP contribution is 2.22. The summed E-state index contributed by atoms with van der Waals surface area (Å²) in [7, 11) is -3.17. The third kappa shape index (κ3) is 4.14. The van der Waals surface area contributed by atoms with Gasteiger partial charge in [0.1, 0.15) is 0 Å². The van der Waals surface area contributed by atoms with Gasteiger partial charge in [0.2, 0.25) is 0 Å². The molecule has 0 atom stereocenters. The number of hydrogen-bond donors (Lipinski definition) is 2. The smallest absolute Gasteiger partial charge is 0.319 e. The van der Waals surface area contributed by atoms with E-state index in [-0.39, 0.29) is 17.8 Å². The van der Waals surface area contributed by atoms with Crippen LogP contribution in [0.3, 0.4) is 0 Å². The van der Waals surface area contributed by atoms with Crippen LogP contribution in [0.15, 0.2) is 48.5 Å². The summed E-state index contributed by atoms with van der Waals surface area (Å²) >= 11 is 0. The van der Waals surface area contributed by atoms with Gasteiger partial charge in [-0.15, -0.1) is 0 Å². The number of rotatable bonds is 4. The molecule has 0 heterocycles. The minimum atomic E-state index is -3.17. The van der Waals surface area contributed by atoms with Crippen LogP contribution in [-0.4, -0.2) is 26.7 Å². The molecule has 0 saturated heterocycles. The van der Waals surface area contributed by atoms with Gasteiger partial charge in [-0.3, -0.25) is 0 Å². The van der Waals surface area contributed by atoms with Crippen LogP contribution in [-0.2, 0) is 28.4 Å². The Bertz CT molecular complexity index is 837. The summed E-state index contributed by atoms with van der Waals surface area (Å²) in [5, 5.41) is 5.74. The third-order valence-corrected chi connectivity index (χ3v) is 4.90. The number of carbonyl (C=O) groups excluding carboxylic acids is 1. The minimum Gasteiger partial charge on any atom is -0.334 e. The van der Waals surface area contributed by atoms with Crippen molar-refractivity contribution in [3.05, 3.63) is 65.2 Å². The number of fused-ring (bicyclic) bond motifs is 1. The highest BCUT2D eigenvalue weighted by Gasteiger charge is 2.22. The molecule has 1 aliphatic rings. The predicted octanol–water partition coefficient (Wildman–Crippen LogP) is 2.52. The lowest BCUT2D eigenvalue weighted by Gasteiger charge is -2.15. The molecule has 0 unspecified atom stereocenters. The number of carbonyl (C=O) groups is 1. The third-order valence-electron chi connectivity index (χ3n) is 4.07. The molecule has 126 valence electrons. The normalized spacial score (nSPS) is 14.2. The summed E-state index contributed by atoms with van der Waals surface area (Å²) in [5.74, 6) is -0.0989. The number of para-hydroxylation sites is 1. The van der Waals surface area contributed by atoms with Crippen molar-refractivity contribution in [1.29, 1.82) is 0 Å². The quantitative estimate of drug-likeness (QED) is 0.895. The maximum atomic E-state index is 12.3. The van der Waals surface area contributed by atoms with Crippen LogP contribution >= 0.6 is 0 Å². The van der Waals surface area contributed by atoms with Gasteiger partial charge in [-0.05, 0) is 35.6 Å². The molecule has 0 spiro atoms. The van der Waals surface area contributed by atoms with Gasteiger partial charge < -0.3 is 10.6 Å². The first kappa shape index (κ1) is 16.5. The number of nitrogens with one attached hydrogen (secondary N) is 2. The molecule has 0 bridgehead atoms. The Hall–Kier alpha value is -2.34. The predicted molar refractivity (Wildman–Crippen MR) is 94.8 cm³/mol. The lowest BCUT2D eigenvalue weighted by molar-refractivity contribution is 0.249. The number of anilines is 1. The average Bonchev–Trinajstić information content (AvgIpc) is 2.89. The van der Waals surface area contributed by atoms with Crippen molar-refractivity contribution in [2.45, 2.75) is 24.6 Å². The van der Waals surface area contributed by atoms with E-state index in [0.717, 1.165) is 12.8 Å². The Labute approximate surface area is 142 Å². The van der Waals surface area contributed by atoms with Crippen LogP contribution in [0, 0.1) is 0 Å². The van der Waals surface area contributed by atoms with Gasteiger partial charge in [-0.1, -0.05) is 42.5 Å². The molecule has 2 aromatic carbocycles. The Morgan fingerprint density at radius 3 is 2.25 bits per heavy atom. The van der Waals surface area contributed by atoms with Gasteiger partial charge in [0.15, 0.2) is 9.84 Å². The zero-order chi connectivity index (χ0) is 17.2. The first-order valence-electron chi connectivity index (χ1n) is 7.80. The Balaban J connectivity index is 1.64. The summed E-state index contributed by atoms with van der Waals surface area (Å²) in [6, 6.07) is 14.9. The largest absolute Gasteiger partial charge is 0.334 e. The minimum absolute atomic E-state index is 0.0597. The second kappa shape index (κ2) is 6.65. The molecule has 0 aliphatic heterocycles. The van der Waals surface area contributed by atoms with Gasteiger partial charge in [0, 0.05) is 18.0 Å². The molecule has 5 nitrogen and oxygen atoms in total. The van der Waals surface area contributed by atoms with Crippen molar-refractivity contribution < 1.29 is 13.2 Å². The molecule has 2 amide bonds. The van der Waals surface area contributed by atoms with E-state index in [2.05, 4.69) is 22.8 Å². The van der Waals surface area contributed by atoms with Crippen molar-refractivity contribution in [3.63, 3.8) is 0 Å². The van der Waals surface area contributed by atoms with Crippen molar-refractivity contribution >= 4 is 21.6 Å². The van der Waals surface area contributed by atoms with E-state index in [1.807, 2.05) is 12.1 Å². The first-order chi connectivity index (χ1) is 11.4. The molecule has 2 aromatic rings. The molecule has 0 fully saturated rings. The number of benzene rings is 2. The fraction of sp³-hybridized carbons (Fsp3) is 0.278. The number of amides is 2. The van der Waals surface area contributed by atoms with E-state index < -0.39 is 9.84 Å². The van der Waals surface area contributed by atoms with Gasteiger partial charge in [0.25, 0.3) is 0 Å². The van der Waals surface area contributed by atoms with Gasteiger partial charge in [0.05, 0.1) is 5.75 Å². The Kier molecular flexibility index (Phi) is 4.57. The van der Waals surface area contributed by atoms with Crippen LogP contribution in [0.25, 0.3) is 0 Å². The van der Waals surface area contributed by atoms with E-state index in [0.29, 0.717) is 11.3 Å². The molecular formula is C18H20N2O3S. The highest BCUT2D eigenvalue weighted by atomic mass is 32.2. The van der Waals surface area contributed by atoms with E-state index in [1.54, 1.807) is 24.3 Å². The first-order valence-corrected chi connectivity index (χ1v) is 9.87. The summed E-state index contributed by atoms with van der Waals surface area (Å²) in [5.41, 5.74) is 3.64. The lowest BCUT2D eigenvalue weighted by Crippen LogP contribution is -2.38. The topological polar surface area (TPSA) is 75.3 Å². The van der Waals surface area contributed by atoms with E-state index >= 15 is 0 Å². The fourth-order valence-corrected chi connectivity index (χ4v) is 3.87. The molecule has 0 aromatic heterocycles. The van der Waals surface area contributed by atoms with Crippen molar-refractivity contribution in [2.75, 3.05) is 11.6 Å². The molecule has 2 N–H and O–H groups in total. The Morgan fingerprint density at radius 2 is 1.62 bits per heavy atom. The molecule has 3 rings (SSSR count). The van der Waals surface area contributed by atoms with Gasteiger partial charge >= 0.3 is 6.03 Å². The molecule has 1 aliphatic carbocycles. The SMILES string of the molecule is CS(=O)(=O)Cc1ccccc1NC(=O)NC1Cc2ccccc2C1. The summed E-state index contributed by atoms with van der Waals surface area (Å²) in [6.07, 6.45) is 2.81. The van der Waals surface area contributed by atoms with E-state index in [4.69, 9.17) is 0 Å². The van der Waals surface area contributed by atoms with Gasteiger partial charge in [-0.25, -0.2) is 13.2 Å². The highest BCUT2D eigenvalue weighted by molar-refractivity contribution is 7.89. The monoisotopic (exact) mass is 344 g/mol. The molecule has 0 radical (unpaired) electrons. The molecular weight excluding hydrogens is 324 g/mol.